The van der Waals surface area contributed by atoms with Crippen LogP contribution in [-0.4, -0.2) is 22.9 Å². The van der Waals surface area contributed by atoms with Crippen molar-refractivity contribution in [2.45, 2.75) is 26.8 Å². The second-order valence-electron chi connectivity index (χ2n) is 3.69. The Morgan fingerprint density at radius 1 is 1.41 bits per heavy atom. The van der Waals surface area contributed by atoms with E-state index in [1.807, 2.05) is 0 Å². The summed E-state index contributed by atoms with van der Waals surface area (Å²) in [5.74, 6) is -0.896. The van der Waals surface area contributed by atoms with E-state index in [0.717, 1.165) is 5.56 Å². The first kappa shape index (κ1) is 13.2. The van der Waals surface area contributed by atoms with Crippen molar-refractivity contribution in [2.75, 3.05) is 6.61 Å². The van der Waals surface area contributed by atoms with Crippen molar-refractivity contribution in [3.63, 3.8) is 0 Å². The minimum Gasteiger partial charge on any atom is -0.466 e. The number of ketones is 1. The molecule has 0 aromatic carbocycles. The van der Waals surface area contributed by atoms with Gasteiger partial charge in [0.1, 0.15) is 6.42 Å². The fourth-order valence-electron chi connectivity index (χ4n) is 1.36. The van der Waals surface area contributed by atoms with E-state index >= 15 is 0 Å². The van der Waals surface area contributed by atoms with Gasteiger partial charge in [-0.05, 0) is 25.5 Å². The van der Waals surface area contributed by atoms with Gasteiger partial charge in [0.15, 0.2) is 5.78 Å². The Labute approximate surface area is 99.0 Å². The first-order valence-electron chi connectivity index (χ1n) is 5.37. The minimum absolute atomic E-state index is 0.0993. The summed E-state index contributed by atoms with van der Waals surface area (Å²) in [6.45, 7) is 3.62. The Hall–Kier alpha value is -1.91. The lowest BCUT2D eigenvalue weighted by Crippen LogP contribution is -2.24. The number of hydrogen-bond acceptors (Lipinski definition) is 4. The zero-order valence-corrected chi connectivity index (χ0v) is 9.93. The van der Waals surface area contributed by atoms with Crippen LogP contribution in [-0.2, 0) is 20.9 Å². The highest BCUT2D eigenvalue weighted by Crippen LogP contribution is 1.94. The standard InChI is InChI=1S/C12H15NO4/c1-3-17-12(16)7-10(14)8-13-5-4-9(2)6-11(13)15/h4-6H,3,7-8H2,1-2H3. The van der Waals surface area contributed by atoms with E-state index < -0.39 is 5.97 Å². The molecule has 0 aliphatic heterocycles. The van der Waals surface area contributed by atoms with E-state index in [1.165, 1.54) is 10.6 Å². The molecule has 1 aromatic rings. The molecule has 0 saturated carbocycles. The van der Waals surface area contributed by atoms with Crippen LogP contribution in [0, 0.1) is 6.92 Å². The summed E-state index contributed by atoms with van der Waals surface area (Å²) in [5, 5.41) is 0. The van der Waals surface area contributed by atoms with Gasteiger partial charge in [0, 0.05) is 12.3 Å². The summed E-state index contributed by atoms with van der Waals surface area (Å²) >= 11 is 0. The minimum atomic E-state index is -0.558. The van der Waals surface area contributed by atoms with E-state index in [-0.39, 0.29) is 30.9 Å². The third-order valence-corrected chi connectivity index (χ3v) is 2.15. The second kappa shape index (κ2) is 5.98. The monoisotopic (exact) mass is 237 g/mol. The first-order valence-corrected chi connectivity index (χ1v) is 5.37. The smallest absolute Gasteiger partial charge is 0.313 e. The molecule has 92 valence electrons. The van der Waals surface area contributed by atoms with Crippen LogP contribution in [0.1, 0.15) is 18.9 Å². The second-order valence-corrected chi connectivity index (χ2v) is 3.69. The molecular weight excluding hydrogens is 222 g/mol. The molecular formula is C12H15NO4. The maximum Gasteiger partial charge on any atom is 0.313 e. The first-order chi connectivity index (χ1) is 8.02. The Kier molecular flexibility index (Phi) is 4.63. The Bertz CT molecular complexity index is 476. The molecule has 0 aliphatic carbocycles. The number of aromatic nitrogens is 1. The molecule has 0 N–H and O–H groups in total. The number of esters is 1. The third-order valence-electron chi connectivity index (χ3n) is 2.15. The zero-order chi connectivity index (χ0) is 12.8. The van der Waals surface area contributed by atoms with Crippen LogP contribution in [0.4, 0.5) is 0 Å². The summed E-state index contributed by atoms with van der Waals surface area (Å²) < 4.78 is 5.92. The molecule has 5 heteroatoms. The van der Waals surface area contributed by atoms with Crippen LogP contribution < -0.4 is 5.56 Å². The summed E-state index contributed by atoms with van der Waals surface area (Å²) in [6.07, 6.45) is 1.24. The van der Waals surface area contributed by atoms with Crippen molar-refractivity contribution in [2.24, 2.45) is 0 Å². The molecule has 1 rings (SSSR count). The molecule has 0 atom stereocenters. The van der Waals surface area contributed by atoms with Gasteiger partial charge >= 0.3 is 5.97 Å². The van der Waals surface area contributed by atoms with Gasteiger partial charge < -0.3 is 9.30 Å². The molecule has 0 fully saturated rings. The van der Waals surface area contributed by atoms with Crippen molar-refractivity contribution >= 4 is 11.8 Å². The Balaban J connectivity index is 2.62. The number of rotatable bonds is 5. The van der Waals surface area contributed by atoms with E-state index in [0.29, 0.717) is 0 Å². The summed E-state index contributed by atoms with van der Waals surface area (Å²) in [4.78, 5) is 34.0. The van der Waals surface area contributed by atoms with Gasteiger partial charge in [-0.15, -0.1) is 0 Å². The van der Waals surface area contributed by atoms with Gasteiger partial charge in [0.2, 0.25) is 0 Å². The van der Waals surface area contributed by atoms with Crippen LogP contribution in [0.5, 0.6) is 0 Å². The van der Waals surface area contributed by atoms with E-state index in [1.54, 1.807) is 26.1 Å². The fourth-order valence-corrected chi connectivity index (χ4v) is 1.36. The molecule has 0 spiro atoms. The van der Waals surface area contributed by atoms with Crippen LogP contribution in [0.3, 0.4) is 0 Å². The van der Waals surface area contributed by atoms with E-state index in [9.17, 15) is 14.4 Å². The molecule has 17 heavy (non-hydrogen) atoms. The van der Waals surface area contributed by atoms with E-state index in [4.69, 9.17) is 0 Å². The zero-order valence-electron chi connectivity index (χ0n) is 9.93. The molecule has 1 heterocycles. The summed E-state index contributed by atoms with van der Waals surface area (Å²) in [5.41, 5.74) is 0.589. The number of aryl methyl sites for hydroxylation is 1. The summed E-state index contributed by atoms with van der Waals surface area (Å²) in [7, 11) is 0. The third kappa shape index (κ3) is 4.22. The largest absolute Gasteiger partial charge is 0.466 e. The van der Waals surface area contributed by atoms with Gasteiger partial charge in [-0.25, -0.2) is 0 Å². The number of hydrogen-bond donors (Lipinski definition) is 0. The molecule has 1 aromatic heterocycles. The van der Waals surface area contributed by atoms with Crippen molar-refractivity contribution in [3.05, 3.63) is 34.2 Å². The van der Waals surface area contributed by atoms with Gasteiger partial charge in [0.05, 0.1) is 13.2 Å². The molecule has 0 aliphatic rings. The molecule has 0 saturated heterocycles. The van der Waals surface area contributed by atoms with Gasteiger partial charge in [-0.1, -0.05) is 0 Å². The van der Waals surface area contributed by atoms with Crippen LogP contribution in [0.25, 0.3) is 0 Å². The van der Waals surface area contributed by atoms with Gasteiger partial charge in [-0.2, -0.15) is 0 Å². The fraction of sp³-hybridized carbons (Fsp3) is 0.417. The highest BCUT2D eigenvalue weighted by molar-refractivity contribution is 5.95. The Morgan fingerprint density at radius 3 is 2.71 bits per heavy atom. The van der Waals surface area contributed by atoms with Crippen LogP contribution in [0.2, 0.25) is 0 Å². The molecule has 5 nitrogen and oxygen atoms in total. The van der Waals surface area contributed by atoms with Crippen molar-refractivity contribution in [3.8, 4) is 0 Å². The molecule has 0 unspecified atom stereocenters. The number of nitrogens with zero attached hydrogens (tertiary/aromatic N) is 1. The normalized spacial score (nSPS) is 10.0. The van der Waals surface area contributed by atoms with Gasteiger partial charge in [-0.3, -0.25) is 14.4 Å². The lowest BCUT2D eigenvalue weighted by atomic mass is 10.2. The maximum absolute atomic E-state index is 11.5. The van der Waals surface area contributed by atoms with E-state index in [2.05, 4.69) is 4.74 Å². The van der Waals surface area contributed by atoms with Gasteiger partial charge in [0.25, 0.3) is 5.56 Å². The topological polar surface area (TPSA) is 65.4 Å². The highest BCUT2D eigenvalue weighted by Gasteiger charge is 2.11. The van der Waals surface area contributed by atoms with Crippen molar-refractivity contribution < 1.29 is 14.3 Å². The molecule has 0 radical (unpaired) electrons. The number of ether oxygens (including phenoxy) is 1. The SMILES string of the molecule is CCOC(=O)CC(=O)Cn1ccc(C)cc1=O. The molecule has 0 amide bonds. The van der Waals surface area contributed by atoms with Crippen molar-refractivity contribution in [1.29, 1.82) is 0 Å². The number of carbonyl (C=O) groups excluding carboxylic acids is 2. The average Bonchev–Trinajstić information content (AvgIpc) is 2.22. The predicted molar refractivity (Wildman–Crippen MR) is 61.7 cm³/mol. The number of carbonyl (C=O) groups is 2. The average molecular weight is 237 g/mol. The Morgan fingerprint density at radius 2 is 2.12 bits per heavy atom. The number of pyridine rings is 1. The lowest BCUT2D eigenvalue weighted by Gasteiger charge is -2.05. The van der Waals surface area contributed by atoms with Crippen LogP contribution >= 0.6 is 0 Å². The number of Topliss-reactive ketones (excluding diaryl/α,β-unsaturated/α-hetero) is 1. The van der Waals surface area contributed by atoms with Crippen LogP contribution in [0.15, 0.2) is 23.1 Å². The quantitative estimate of drug-likeness (QED) is 0.558. The van der Waals surface area contributed by atoms with Crippen molar-refractivity contribution in [1.82, 2.24) is 4.57 Å². The predicted octanol–water partition coefficient (Wildman–Crippen LogP) is 0.679. The maximum atomic E-state index is 11.5. The lowest BCUT2D eigenvalue weighted by molar-refractivity contribution is -0.145. The molecule has 0 bridgehead atoms. The summed E-state index contributed by atoms with van der Waals surface area (Å²) in [6, 6.07) is 3.18. The highest BCUT2D eigenvalue weighted by atomic mass is 16.5.